The van der Waals surface area contributed by atoms with E-state index < -0.39 is 0 Å². The van der Waals surface area contributed by atoms with Gasteiger partial charge in [0.05, 0.1) is 11.9 Å². The van der Waals surface area contributed by atoms with Crippen LogP contribution in [0.1, 0.15) is 19.5 Å². The molecule has 0 saturated carbocycles. The van der Waals surface area contributed by atoms with Gasteiger partial charge in [0, 0.05) is 19.0 Å². The SMILES string of the molecule is Cn1nncc1CC(C)(C)N. The van der Waals surface area contributed by atoms with Crippen LogP contribution in [0.3, 0.4) is 0 Å². The van der Waals surface area contributed by atoms with Gasteiger partial charge >= 0.3 is 0 Å². The monoisotopic (exact) mass is 154 g/mol. The maximum atomic E-state index is 5.83. The Labute approximate surface area is 66.4 Å². The van der Waals surface area contributed by atoms with Gasteiger partial charge in [-0.05, 0) is 13.8 Å². The zero-order valence-electron chi connectivity index (χ0n) is 7.20. The maximum Gasteiger partial charge on any atom is 0.0725 e. The molecule has 0 fully saturated rings. The first-order valence-electron chi connectivity index (χ1n) is 3.61. The summed E-state index contributed by atoms with van der Waals surface area (Å²) in [5.74, 6) is 0. The van der Waals surface area contributed by atoms with Crippen molar-refractivity contribution in [2.75, 3.05) is 0 Å². The highest BCUT2D eigenvalue weighted by molar-refractivity contribution is 4.99. The second-order valence-electron chi connectivity index (χ2n) is 3.51. The minimum absolute atomic E-state index is 0.185. The summed E-state index contributed by atoms with van der Waals surface area (Å²) < 4.78 is 1.74. The van der Waals surface area contributed by atoms with Crippen LogP contribution in [0.25, 0.3) is 0 Å². The van der Waals surface area contributed by atoms with Crippen LogP contribution in [0.2, 0.25) is 0 Å². The van der Waals surface area contributed by atoms with E-state index in [2.05, 4.69) is 10.3 Å². The van der Waals surface area contributed by atoms with E-state index in [4.69, 9.17) is 5.73 Å². The van der Waals surface area contributed by atoms with Gasteiger partial charge < -0.3 is 5.73 Å². The Morgan fingerprint density at radius 1 is 1.64 bits per heavy atom. The molecule has 4 nitrogen and oxygen atoms in total. The molecular weight excluding hydrogens is 140 g/mol. The summed E-state index contributed by atoms with van der Waals surface area (Å²) in [7, 11) is 1.87. The first-order chi connectivity index (χ1) is 4.99. The van der Waals surface area contributed by atoms with E-state index in [1.54, 1.807) is 10.9 Å². The molecule has 62 valence electrons. The molecule has 0 radical (unpaired) electrons. The fraction of sp³-hybridized carbons (Fsp3) is 0.714. The van der Waals surface area contributed by atoms with Gasteiger partial charge in [-0.15, -0.1) is 5.10 Å². The summed E-state index contributed by atoms with van der Waals surface area (Å²) in [6, 6.07) is 0. The Balaban J connectivity index is 2.72. The van der Waals surface area contributed by atoms with Gasteiger partial charge in [-0.1, -0.05) is 5.21 Å². The molecule has 0 unspecified atom stereocenters. The third-order valence-electron chi connectivity index (χ3n) is 1.44. The van der Waals surface area contributed by atoms with Crippen LogP contribution in [0.15, 0.2) is 6.20 Å². The number of rotatable bonds is 2. The van der Waals surface area contributed by atoms with Crippen molar-refractivity contribution in [1.82, 2.24) is 15.0 Å². The van der Waals surface area contributed by atoms with Crippen molar-refractivity contribution < 1.29 is 0 Å². The minimum atomic E-state index is -0.185. The molecule has 0 aliphatic carbocycles. The molecule has 1 aromatic rings. The molecule has 0 atom stereocenters. The quantitative estimate of drug-likeness (QED) is 0.657. The molecule has 2 N–H and O–H groups in total. The Bertz CT molecular complexity index is 233. The molecule has 0 saturated heterocycles. The predicted molar refractivity (Wildman–Crippen MR) is 43.0 cm³/mol. The lowest BCUT2D eigenvalue weighted by Gasteiger charge is -2.17. The smallest absolute Gasteiger partial charge is 0.0725 e. The molecule has 0 spiro atoms. The van der Waals surface area contributed by atoms with Crippen molar-refractivity contribution >= 4 is 0 Å². The van der Waals surface area contributed by atoms with Crippen molar-refractivity contribution in [3.05, 3.63) is 11.9 Å². The predicted octanol–water partition coefficient (Wildman–Crippen LogP) is 0.0949. The van der Waals surface area contributed by atoms with Crippen molar-refractivity contribution in [3.63, 3.8) is 0 Å². The van der Waals surface area contributed by atoms with E-state index in [1.807, 2.05) is 20.9 Å². The summed E-state index contributed by atoms with van der Waals surface area (Å²) in [6.07, 6.45) is 2.55. The fourth-order valence-corrected chi connectivity index (χ4v) is 0.938. The van der Waals surface area contributed by atoms with Gasteiger partial charge in [0.25, 0.3) is 0 Å². The standard InChI is InChI=1S/C7H14N4/c1-7(2,8)4-6-5-9-10-11(6)3/h5H,4,8H2,1-3H3. The van der Waals surface area contributed by atoms with E-state index in [0.717, 1.165) is 12.1 Å². The maximum absolute atomic E-state index is 5.83. The van der Waals surface area contributed by atoms with E-state index in [0.29, 0.717) is 0 Å². The number of hydrogen-bond acceptors (Lipinski definition) is 3. The van der Waals surface area contributed by atoms with Gasteiger partial charge in [0.1, 0.15) is 0 Å². The Hall–Kier alpha value is -0.900. The van der Waals surface area contributed by atoms with Gasteiger partial charge in [-0.3, -0.25) is 4.68 Å². The lowest BCUT2D eigenvalue weighted by molar-refractivity contribution is 0.494. The topological polar surface area (TPSA) is 56.7 Å². The molecule has 0 aromatic carbocycles. The number of aryl methyl sites for hydroxylation is 1. The van der Waals surface area contributed by atoms with Crippen molar-refractivity contribution in [3.8, 4) is 0 Å². The van der Waals surface area contributed by atoms with Crippen LogP contribution < -0.4 is 5.73 Å². The molecule has 0 aliphatic heterocycles. The zero-order valence-corrected chi connectivity index (χ0v) is 7.20. The average Bonchev–Trinajstić information content (AvgIpc) is 2.12. The highest BCUT2D eigenvalue weighted by atomic mass is 15.4. The molecule has 0 aliphatic rings. The van der Waals surface area contributed by atoms with E-state index in [9.17, 15) is 0 Å². The number of nitrogens with two attached hydrogens (primary N) is 1. The normalized spacial score (nSPS) is 12.0. The first-order valence-corrected chi connectivity index (χ1v) is 3.61. The second kappa shape index (κ2) is 2.62. The number of aromatic nitrogens is 3. The fourth-order valence-electron chi connectivity index (χ4n) is 0.938. The summed E-state index contributed by atoms with van der Waals surface area (Å²) >= 11 is 0. The van der Waals surface area contributed by atoms with Crippen molar-refractivity contribution in [2.45, 2.75) is 25.8 Å². The largest absolute Gasteiger partial charge is 0.325 e. The van der Waals surface area contributed by atoms with E-state index in [1.165, 1.54) is 0 Å². The zero-order chi connectivity index (χ0) is 8.48. The van der Waals surface area contributed by atoms with Crippen molar-refractivity contribution in [1.29, 1.82) is 0 Å². The molecule has 11 heavy (non-hydrogen) atoms. The Morgan fingerprint density at radius 2 is 2.27 bits per heavy atom. The van der Waals surface area contributed by atoms with Crippen LogP contribution >= 0.6 is 0 Å². The molecule has 0 amide bonds. The van der Waals surface area contributed by atoms with Gasteiger partial charge in [-0.2, -0.15) is 0 Å². The van der Waals surface area contributed by atoms with Crippen molar-refractivity contribution in [2.24, 2.45) is 12.8 Å². The lowest BCUT2D eigenvalue weighted by atomic mass is 10.0. The highest BCUT2D eigenvalue weighted by Crippen LogP contribution is 2.06. The van der Waals surface area contributed by atoms with Crippen LogP contribution in [-0.2, 0) is 13.5 Å². The molecule has 1 rings (SSSR count). The summed E-state index contributed by atoms with van der Waals surface area (Å²) in [4.78, 5) is 0. The van der Waals surface area contributed by atoms with Crippen LogP contribution in [-0.4, -0.2) is 20.5 Å². The van der Waals surface area contributed by atoms with Crippen LogP contribution in [0, 0.1) is 0 Å². The molecular formula is C7H14N4. The highest BCUT2D eigenvalue weighted by Gasteiger charge is 2.13. The number of nitrogens with zero attached hydrogens (tertiary/aromatic N) is 3. The summed E-state index contributed by atoms with van der Waals surface area (Å²) in [5, 5.41) is 7.58. The number of hydrogen-bond donors (Lipinski definition) is 1. The van der Waals surface area contributed by atoms with Crippen LogP contribution in [0.4, 0.5) is 0 Å². The average molecular weight is 154 g/mol. The molecule has 1 aromatic heterocycles. The van der Waals surface area contributed by atoms with Crippen LogP contribution in [0.5, 0.6) is 0 Å². The van der Waals surface area contributed by atoms with Gasteiger partial charge in [0.2, 0.25) is 0 Å². The molecule has 4 heteroatoms. The summed E-state index contributed by atoms with van der Waals surface area (Å²) in [6.45, 7) is 3.97. The molecule has 0 bridgehead atoms. The third-order valence-corrected chi connectivity index (χ3v) is 1.44. The lowest BCUT2D eigenvalue weighted by Crippen LogP contribution is -2.35. The third kappa shape index (κ3) is 2.31. The first kappa shape index (κ1) is 8.20. The van der Waals surface area contributed by atoms with Gasteiger partial charge in [-0.25, -0.2) is 0 Å². The van der Waals surface area contributed by atoms with Gasteiger partial charge in [0.15, 0.2) is 0 Å². The molecule has 1 heterocycles. The van der Waals surface area contributed by atoms with E-state index >= 15 is 0 Å². The minimum Gasteiger partial charge on any atom is -0.325 e. The Morgan fingerprint density at radius 3 is 2.64 bits per heavy atom. The summed E-state index contributed by atoms with van der Waals surface area (Å²) in [5.41, 5.74) is 6.71. The van der Waals surface area contributed by atoms with E-state index in [-0.39, 0.29) is 5.54 Å². The second-order valence-corrected chi connectivity index (χ2v) is 3.51. The Kier molecular flexibility index (Phi) is 1.95.